The summed E-state index contributed by atoms with van der Waals surface area (Å²) in [4.78, 5) is 19.0. The molecule has 0 saturated heterocycles. The first kappa shape index (κ1) is 13.6. The van der Waals surface area contributed by atoms with Crippen LogP contribution in [0.3, 0.4) is 0 Å². The first-order chi connectivity index (χ1) is 11.2. The van der Waals surface area contributed by atoms with Gasteiger partial charge in [0.05, 0.1) is 26.0 Å². The lowest BCUT2D eigenvalue weighted by molar-refractivity contribution is -0.383. The molecule has 4 rings (SSSR count). The number of non-ortho nitro benzene ring substituents is 1. The molecule has 0 bridgehead atoms. The fourth-order valence-electron chi connectivity index (χ4n) is 2.53. The summed E-state index contributed by atoms with van der Waals surface area (Å²) >= 11 is 1.57. The van der Waals surface area contributed by atoms with E-state index in [0.717, 1.165) is 27.0 Å². The molecular formula is C16H10N4O2S. The lowest BCUT2D eigenvalue weighted by atomic mass is 10.1. The van der Waals surface area contributed by atoms with Crippen LogP contribution in [-0.2, 0) is 0 Å². The largest absolute Gasteiger partial charge is 0.355 e. The first-order valence-corrected chi connectivity index (χ1v) is 7.72. The van der Waals surface area contributed by atoms with Crippen molar-refractivity contribution in [2.75, 3.05) is 5.32 Å². The number of nitrogens with zero attached hydrogens (tertiary/aromatic N) is 3. The molecule has 0 aliphatic rings. The van der Waals surface area contributed by atoms with Gasteiger partial charge in [0.2, 0.25) is 0 Å². The van der Waals surface area contributed by atoms with E-state index in [1.807, 2.05) is 18.2 Å². The normalized spacial score (nSPS) is 11.0. The number of hydrogen-bond acceptors (Lipinski definition) is 6. The second-order valence-corrected chi connectivity index (χ2v) is 5.86. The maximum absolute atomic E-state index is 11.2. The van der Waals surface area contributed by atoms with E-state index in [4.69, 9.17) is 0 Å². The molecule has 0 fully saturated rings. The Balaban J connectivity index is 1.82. The van der Waals surface area contributed by atoms with Gasteiger partial charge in [0, 0.05) is 35.2 Å². The second-order valence-electron chi connectivity index (χ2n) is 4.97. The zero-order valence-electron chi connectivity index (χ0n) is 11.8. The molecule has 0 atom stereocenters. The van der Waals surface area contributed by atoms with Crippen LogP contribution >= 0.6 is 11.3 Å². The van der Waals surface area contributed by atoms with Crippen molar-refractivity contribution in [3.8, 4) is 0 Å². The standard InChI is InChI=1S/C16H10N4O2S/c21-20(22)15-4-3-13(11-5-6-17-8-12(11)15)19-10-1-2-14-16(7-10)23-9-18-14/h1-9,19H. The SMILES string of the molecule is O=[N+]([O-])c1ccc(Nc2ccc3ncsc3c2)c2ccncc12. The number of thiazole rings is 1. The van der Waals surface area contributed by atoms with Gasteiger partial charge in [-0.15, -0.1) is 11.3 Å². The maximum atomic E-state index is 11.2. The number of nitro groups is 1. The maximum Gasteiger partial charge on any atom is 0.278 e. The predicted molar refractivity (Wildman–Crippen MR) is 91.3 cm³/mol. The molecule has 7 heteroatoms. The molecule has 112 valence electrons. The fraction of sp³-hybridized carbons (Fsp3) is 0. The Labute approximate surface area is 134 Å². The number of pyridine rings is 1. The van der Waals surface area contributed by atoms with Gasteiger partial charge < -0.3 is 5.32 Å². The highest BCUT2D eigenvalue weighted by atomic mass is 32.1. The van der Waals surface area contributed by atoms with Crippen LogP contribution in [0, 0.1) is 10.1 Å². The molecule has 2 aromatic carbocycles. The third-order valence-electron chi connectivity index (χ3n) is 3.60. The van der Waals surface area contributed by atoms with E-state index in [9.17, 15) is 10.1 Å². The number of aromatic nitrogens is 2. The number of nitrogens with one attached hydrogen (secondary N) is 1. The summed E-state index contributed by atoms with van der Waals surface area (Å²) in [5.74, 6) is 0. The Morgan fingerprint density at radius 1 is 1.13 bits per heavy atom. The zero-order valence-corrected chi connectivity index (χ0v) is 12.6. The molecule has 0 saturated carbocycles. The number of rotatable bonds is 3. The third kappa shape index (κ3) is 2.36. The number of fused-ring (bicyclic) bond motifs is 2. The summed E-state index contributed by atoms with van der Waals surface area (Å²) < 4.78 is 1.09. The molecular weight excluding hydrogens is 312 g/mol. The zero-order chi connectivity index (χ0) is 15.8. The molecule has 0 radical (unpaired) electrons. The fourth-order valence-corrected chi connectivity index (χ4v) is 3.25. The van der Waals surface area contributed by atoms with E-state index < -0.39 is 4.92 Å². The molecule has 23 heavy (non-hydrogen) atoms. The molecule has 2 heterocycles. The van der Waals surface area contributed by atoms with Crippen LogP contribution in [0.5, 0.6) is 0 Å². The summed E-state index contributed by atoms with van der Waals surface area (Å²) in [6, 6.07) is 10.9. The summed E-state index contributed by atoms with van der Waals surface area (Å²) in [5.41, 5.74) is 4.53. The minimum atomic E-state index is -0.392. The molecule has 0 unspecified atom stereocenters. The van der Waals surface area contributed by atoms with Crippen LogP contribution in [0.2, 0.25) is 0 Å². The van der Waals surface area contributed by atoms with Gasteiger partial charge in [0.15, 0.2) is 0 Å². The quantitative estimate of drug-likeness (QED) is 0.444. The lowest BCUT2D eigenvalue weighted by Gasteiger charge is -2.10. The molecule has 0 spiro atoms. The Kier molecular flexibility index (Phi) is 3.13. The van der Waals surface area contributed by atoms with Crippen LogP contribution in [-0.4, -0.2) is 14.9 Å². The number of nitro benzene ring substituents is 1. The van der Waals surface area contributed by atoms with Crippen LogP contribution in [0.1, 0.15) is 0 Å². The number of anilines is 2. The highest BCUT2D eigenvalue weighted by Crippen LogP contribution is 2.33. The Bertz CT molecular complexity index is 1040. The van der Waals surface area contributed by atoms with Crippen molar-refractivity contribution in [1.82, 2.24) is 9.97 Å². The van der Waals surface area contributed by atoms with E-state index in [-0.39, 0.29) is 5.69 Å². The highest BCUT2D eigenvalue weighted by molar-refractivity contribution is 7.16. The summed E-state index contributed by atoms with van der Waals surface area (Å²) in [7, 11) is 0. The van der Waals surface area contributed by atoms with Gasteiger partial charge in [-0.1, -0.05) is 0 Å². The average Bonchev–Trinajstić information content (AvgIpc) is 3.02. The number of benzene rings is 2. The van der Waals surface area contributed by atoms with Crippen molar-refractivity contribution in [1.29, 1.82) is 0 Å². The first-order valence-electron chi connectivity index (χ1n) is 6.84. The Hall–Kier alpha value is -3.06. The van der Waals surface area contributed by atoms with Crippen molar-refractivity contribution in [3.63, 3.8) is 0 Å². The van der Waals surface area contributed by atoms with Gasteiger partial charge in [0.1, 0.15) is 0 Å². The minimum absolute atomic E-state index is 0.0524. The Morgan fingerprint density at radius 3 is 2.91 bits per heavy atom. The van der Waals surface area contributed by atoms with E-state index in [2.05, 4.69) is 15.3 Å². The topological polar surface area (TPSA) is 81.0 Å². The minimum Gasteiger partial charge on any atom is -0.355 e. The molecule has 0 aliphatic carbocycles. The van der Waals surface area contributed by atoms with E-state index in [1.165, 1.54) is 12.3 Å². The predicted octanol–water partition coefficient (Wildman–Crippen LogP) is 4.50. The molecule has 0 aliphatic heterocycles. The van der Waals surface area contributed by atoms with E-state index in [1.54, 1.807) is 35.2 Å². The van der Waals surface area contributed by atoms with Crippen molar-refractivity contribution in [2.24, 2.45) is 0 Å². The Morgan fingerprint density at radius 2 is 2.04 bits per heavy atom. The van der Waals surface area contributed by atoms with Crippen LogP contribution < -0.4 is 5.32 Å². The van der Waals surface area contributed by atoms with Crippen LogP contribution in [0.25, 0.3) is 21.0 Å². The lowest BCUT2D eigenvalue weighted by Crippen LogP contribution is -1.95. The average molecular weight is 322 g/mol. The van der Waals surface area contributed by atoms with Crippen LogP contribution in [0.15, 0.2) is 54.3 Å². The van der Waals surface area contributed by atoms with Gasteiger partial charge in [-0.3, -0.25) is 15.1 Å². The van der Waals surface area contributed by atoms with Crippen molar-refractivity contribution < 1.29 is 4.92 Å². The highest BCUT2D eigenvalue weighted by Gasteiger charge is 2.14. The smallest absolute Gasteiger partial charge is 0.278 e. The summed E-state index contributed by atoms with van der Waals surface area (Å²) in [5, 5.41) is 15.8. The molecule has 0 amide bonds. The van der Waals surface area contributed by atoms with Crippen molar-refractivity contribution in [3.05, 3.63) is 64.4 Å². The molecule has 4 aromatic rings. The van der Waals surface area contributed by atoms with E-state index >= 15 is 0 Å². The van der Waals surface area contributed by atoms with Gasteiger partial charge in [-0.2, -0.15) is 0 Å². The van der Waals surface area contributed by atoms with Gasteiger partial charge in [-0.05, 0) is 30.3 Å². The summed E-state index contributed by atoms with van der Waals surface area (Å²) in [6.45, 7) is 0. The monoisotopic (exact) mass is 322 g/mol. The van der Waals surface area contributed by atoms with Crippen molar-refractivity contribution >= 4 is 49.4 Å². The van der Waals surface area contributed by atoms with Gasteiger partial charge in [-0.25, -0.2) is 4.98 Å². The molecule has 6 nitrogen and oxygen atoms in total. The van der Waals surface area contributed by atoms with Crippen molar-refractivity contribution in [2.45, 2.75) is 0 Å². The summed E-state index contributed by atoms with van der Waals surface area (Å²) in [6.07, 6.45) is 3.15. The van der Waals surface area contributed by atoms with Gasteiger partial charge in [0.25, 0.3) is 5.69 Å². The molecule has 1 N–H and O–H groups in total. The van der Waals surface area contributed by atoms with Gasteiger partial charge >= 0.3 is 0 Å². The molecule has 2 aromatic heterocycles. The van der Waals surface area contributed by atoms with Crippen LogP contribution in [0.4, 0.5) is 17.1 Å². The number of hydrogen-bond donors (Lipinski definition) is 1. The second kappa shape index (κ2) is 5.29. The third-order valence-corrected chi connectivity index (χ3v) is 4.39. The van der Waals surface area contributed by atoms with E-state index in [0.29, 0.717) is 5.39 Å².